The maximum Gasteiger partial charge on any atom is 0.0620 e. The third-order valence-corrected chi connectivity index (χ3v) is 3.42. The van der Waals surface area contributed by atoms with Gasteiger partial charge in [0.1, 0.15) is 0 Å². The molecular formula is C12H26N2O2. The lowest BCUT2D eigenvalue weighted by Gasteiger charge is -2.34. The summed E-state index contributed by atoms with van der Waals surface area (Å²) in [7, 11) is 3.92. The molecule has 0 aromatic rings. The summed E-state index contributed by atoms with van der Waals surface area (Å²) >= 11 is 0. The fourth-order valence-electron chi connectivity index (χ4n) is 2.14. The molecule has 0 aliphatic carbocycles. The van der Waals surface area contributed by atoms with Gasteiger partial charge in [-0.15, -0.1) is 0 Å². The van der Waals surface area contributed by atoms with Gasteiger partial charge in [0, 0.05) is 31.8 Å². The van der Waals surface area contributed by atoms with Gasteiger partial charge in [-0.05, 0) is 27.3 Å². The standard InChI is InChI=1S/C12H26N2O2/c1-10(14(3)11(2)8-15-4)7-12-9-16-6-5-13-12/h10-13H,5-9H2,1-4H3. The first-order valence-electron chi connectivity index (χ1n) is 6.17. The zero-order valence-corrected chi connectivity index (χ0v) is 11.0. The molecule has 0 spiro atoms. The van der Waals surface area contributed by atoms with E-state index in [0.29, 0.717) is 18.1 Å². The third kappa shape index (κ3) is 4.37. The van der Waals surface area contributed by atoms with E-state index in [2.05, 4.69) is 31.1 Å². The zero-order valence-electron chi connectivity index (χ0n) is 11.0. The second kappa shape index (κ2) is 7.22. The minimum Gasteiger partial charge on any atom is -0.383 e. The molecule has 0 aromatic heterocycles. The van der Waals surface area contributed by atoms with Crippen LogP contribution in [0.5, 0.6) is 0 Å². The van der Waals surface area contributed by atoms with Crippen LogP contribution in [-0.4, -0.2) is 63.5 Å². The number of hydrogen-bond donors (Lipinski definition) is 1. The molecule has 0 bridgehead atoms. The summed E-state index contributed by atoms with van der Waals surface area (Å²) in [6, 6.07) is 1.51. The summed E-state index contributed by atoms with van der Waals surface area (Å²) in [4.78, 5) is 2.37. The monoisotopic (exact) mass is 230 g/mol. The summed E-state index contributed by atoms with van der Waals surface area (Å²) < 4.78 is 10.6. The van der Waals surface area contributed by atoms with Gasteiger partial charge < -0.3 is 14.8 Å². The predicted molar refractivity (Wildman–Crippen MR) is 65.8 cm³/mol. The Hall–Kier alpha value is -0.160. The Bertz CT molecular complexity index is 184. The highest BCUT2D eigenvalue weighted by Gasteiger charge is 2.21. The van der Waals surface area contributed by atoms with Crippen LogP contribution in [0.4, 0.5) is 0 Å². The van der Waals surface area contributed by atoms with E-state index in [1.54, 1.807) is 7.11 Å². The molecule has 1 aliphatic heterocycles. The van der Waals surface area contributed by atoms with E-state index in [9.17, 15) is 0 Å². The number of rotatable bonds is 6. The van der Waals surface area contributed by atoms with Gasteiger partial charge in [-0.1, -0.05) is 0 Å². The van der Waals surface area contributed by atoms with E-state index in [-0.39, 0.29) is 0 Å². The van der Waals surface area contributed by atoms with Crippen molar-refractivity contribution in [3.8, 4) is 0 Å². The lowest BCUT2D eigenvalue weighted by molar-refractivity contribution is 0.0510. The second-order valence-corrected chi connectivity index (χ2v) is 4.78. The maximum absolute atomic E-state index is 5.46. The van der Waals surface area contributed by atoms with Gasteiger partial charge in [0.15, 0.2) is 0 Å². The Morgan fingerprint density at radius 1 is 1.44 bits per heavy atom. The molecule has 0 aromatic carbocycles. The van der Waals surface area contributed by atoms with E-state index in [0.717, 1.165) is 32.8 Å². The van der Waals surface area contributed by atoms with Crippen molar-refractivity contribution in [3.05, 3.63) is 0 Å². The predicted octanol–water partition coefficient (Wildman–Crippen LogP) is 0.720. The van der Waals surface area contributed by atoms with Crippen molar-refractivity contribution in [1.29, 1.82) is 0 Å². The summed E-state index contributed by atoms with van der Waals surface area (Å²) in [5.41, 5.74) is 0. The number of morpholine rings is 1. The molecule has 1 heterocycles. The van der Waals surface area contributed by atoms with E-state index in [1.165, 1.54) is 0 Å². The summed E-state index contributed by atoms with van der Waals surface area (Å²) in [6.07, 6.45) is 1.13. The fraction of sp³-hybridized carbons (Fsp3) is 1.00. The Balaban J connectivity index is 2.29. The lowest BCUT2D eigenvalue weighted by atomic mass is 10.1. The lowest BCUT2D eigenvalue weighted by Crippen LogP contribution is -2.47. The highest BCUT2D eigenvalue weighted by molar-refractivity contribution is 4.78. The van der Waals surface area contributed by atoms with E-state index >= 15 is 0 Å². The van der Waals surface area contributed by atoms with Gasteiger partial charge in [0.2, 0.25) is 0 Å². The first kappa shape index (κ1) is 13.9. The minimum atomic E-state index is 0.463. The van der Waals surface area contributed by atoms with Crippen LogP contribution in [0, 0.1) is 0 Å². The van der Waals surface area contributed by atoms with Crippen molar-refractivity contribution < 1.29 is 9.47 Å². The Kier molecular flexibility index (Phi) is 6.28. The molecule has 1 aliphatic rings. The molecule has 0 amide bonds. The highest BCUT2D eigenvalue weighted by atomic mass is 16.5. The number of hydrogen-bond acceptors (Lipinski definition) is 4. The van der Waals surface area contributed by atoms with Crippen molar-refractivity contribution in [2.75, 3.05) is 40.5 Å². The highest BCUT2D eigenvalue weighted by Crippen LogP contribution is 2.10. The minimum absolute atomic E-state index is 0.463. The molecule has 3 atom stereocenters. The molecule has 1 rings (SSSR count). The summed E-state index contributed by atoms with van der Waals surface area (Å²) in [5, 5.41) is 3.49. The van der Waals surface area contributed by atoms with Crippen LogP contribution in [0.1, 0.15) is 20.3 Å². The van der Waals surface area contributed by atoms with E-state index < -0.39 is 0 Å². The number of methoxy groups -OCH3 is 1. The molecule has 4 heteroatoms. The zero-order chi connectivity index (χ0) is 12.0. The smallest absolute Gasteiger partial charge is 0.0620 e. The number of likely N-dealkylation sites (N-methyl/N-ethyl adjacent to an activating group) is 1. The first-order chi connectivity index (χ1) is 7.65. The number of nitrogens with one attached hydrogen (secondary N) is 1. The number of ether oxygens (including phenoxy) is 2. The van der Waals surface area contributed by atoms with E-state index in [1.807, 2.05) is 0 Å². The molecule has 1 N–H and O–H groups in total. The van der Waals surface area contributed by atoms with Gasteiger partial charge in [-0.3, -0.25) is 4.90 Å². The second-order valence-electron chi connectivity index (χ2n) is 4.78. The van der Waals surface area contributed by atoms with Crippen molar-refractivity contribution in [3.63, 3.8) is 0 Å². The Morgan fingerprint density at radius 3 is 2.75 bits per heavy atom. The van der Waals surface area contributed by atoms with Crippen molar-refractivity contribution in [2.24, 2.45) is 0 Å². The topological polar surface area (TPSA) is 33.7 Å². The molecule has 0 radical (unpaired) electrons. The van der Waals surface area contributed by atoms with Crippen LogP contribution < -0.4 is 5.32 Å². The molecule has 16 heavy (non-hydrogen) atoms. The van der Waals surface area contributed by atoms with Crippen molar-refractivity contribution >= 4 is 0 Å². The Morgan fingerprint density at radius 2 is 2.19 bits per heavy atom. The number of nitrogens with zero attached hydrogens (tertiary/aromatic N) is 1. The van der Waals surface area contributed by atoms with Crippen LogP contribution in [0.25, 0.3) is 0 Å². The fourth-order valence-corrected chi connectivity index (χ4v) is 2.14. The first-order valence-corrected chi connectivity index (χ1v) is 6.17. The molecule has 96 valence electrons. The van der Waals surface area contributed by atoms with Gasteiger partial charge in [0.05, 0.1) is 19.8 Å². The SMILES string of the molecule is COCC(C)N(C)C(C)CC1COCCN1. The van der Waals surface area contributed by atoms with Crippen molar-refractivity contribution in [2.45, 2.75) is 38.4 Å². The molecule has 4 nitrogen and oxygen atoms in total. The van der Waals surface area contributed by atoms with Crippen LogP contribution in [0.2, 0.25) is 0 Å². The quantitative estimate of drug-likeness (QED) is 0.729. The van der Waals surface area contributed by atoms with Gasteiger partial charge in [-0.2, -0.15) is 0 Å². The average Bonchev–Trinajstić information content (AvgIpc) is 2.29. The van der Waals surface area contributed by atoms with Crippen LogP contribution in [0.15, 0.2) is 0 Å². The molecule has 1 fully saturated rings. The normalized spacial score (nSPS) is 25.7. The average molecular weight is 230 g/mol. The summed E-state index contributed by atoms with van der Waals surface area (Å²) in [6.45, 7) is 7.93. The Labute approximate surface area is 99.3 Å². The molecular weight excluding hydrogens is 204 g/mol. The van der Waals surface area contributed by atoms with Gasteiger partial charge in [0.25, 0.3) is 0 Å². The van der Waals surface area contributed by atoms with Crippen LogP contribution in [-0.2, 0) is 9.47 Å². The summed E-state index contributed by atoms with van der Waals surface area (Å²) in [5.74, 6) is 0. The van der Waals surface area contributed by atoms with Crippen LogP contribution >= 0.6 is 0 Å². The van der Waals surface area contributed by atoms with Gasteiger partial charge >= 0.3 is 0 Å². The maximum atomic E-state index is 5.46. The third-order valence-electron chi connectivity index (χ3n) is 3.42. The van der Waals surface area contributed by atoms with Crippen molar-refractivity contribution in [1.82, 2.24) is 10.2 Å². The van der Waals surface area contributed by atoms with Crippen LogP contribution in [0.3, 0.4) is 0 Å². The molecule has 0 saturated carbocycles. The molecule has 1 saturated heterocycles. The van der Waals surface area contributed by atoms with E-state index in [4.69, 9.17) is 9.47 Å². The van der Waals surface area contributed by atoms with Gasteiger partial charge in [-0.25, -0.2) is 0 Å². The largest absolute Gasteiger partial charge is 0.383 e. The molecule has 3 unspecified atom stereocenters.